The summed E-state index contributed by atoms with van der Waals surface area (Å²) in [5, 5.41) is 2.54. The van der Waals surface area contributed by atoms with Crippen LogP contribution in [0.2, 0.25) is 5.02 Å². The van der Waals surface area contributed by atoms with Crippen molar-refractivity contribution in [1.29, 1.82) is 0 Å². The number of carbonyl (C=O) groups excluding carboxylic acids is 2. The molecule has 2 aromatic rings. The molecule has 0 aliphatic carbocycles. The summed E-state index contributed by atoms with van der Waals surface area (Å²) < 4.78 is 18.4. The number of amides is 1. The molecule has 0 unspecified atom stereocenters. The quantitative estimate of drug-likeness (QED) is 0.719. The molecule has 0 radical (unpaired) electrons. The van der Waals surface area contributed by atoms with Crippen molar-refractivity contribution in [2.24, 2.45) is 0 Å². The number of halogens is 2. The van der Waals surface area contributed by atoms with E-state index in [9.17, 15) is 14.0 Å². The number of nitrogens with one attached hydrogen (secondary N) is 1. The maximum absolute atomic E-state index is 13.0. The van der Waals surface area contributed by atoms with Crippen molar-refractivity contribution in [2.45, 2.75) is 4.58 Å². The van der Waals surface area contributed by atoms with Crippen LogP contribution in [0.15, 0.2) is 42.5 Å². The highest BCUT2D eigenvalue weighted by molar-refractivity contribution is 8.19. The van der Waals surface area contributed by atoms with Crippen LogP contribution in [0.25, 0.3) is 0 Å². The summed E-state index contributed by atoms with van der Waals surface area (Å²) in [7, 11) is 0. The molecule has 1 N–H and O–H groups in total. The van der Waals surface area contributed by atoms with Gasteiger partial charge in [0, 0.05) is 11.5 Å². The molecule has 1 aliphatic heterocycles. The number of rotatable bonds is 5. The van der Waals surface area contributed by atoms with Crippen molar-refractivity contribution in [3.05, 3.63) is 64.4 Å². The van der Waals surface area contributed by atoms with E-state index in [0.29, 0.717) is 10.1 Å². The van der Waals surface area contributed by atoms with Gasteiger partial charge in [0.1, 0.15) is 5.82 Å². The second-order valence-electron chi connectivity index (χ2n) is 5.44. The van der Waals surface area contributed by atoms with Crippen LogP contribution >= 0.6 is 35.1 Å². The molecule has 0 saturated carbocycles. The molecular weight excluding hydrogens is 397 g/mol. The standard InChI is InChI=1S/C18H15ClFNO3S2/c19-14-9-13(20)5-6-15(14)21-16(22)10-24-17(23)11-1-3-12(4-2-11)18-25-7-8-26-18/h1-6,9,18H,7-8,10H2,(H,21,22). The minimum atomic E-state index is -0.580. The molecule has 1 saturated heterocycles. The zero-order chi connectivity index (χ0) is 18.5. The summed E-state index contributed by atoms with van der Waals surface area (Å²) in [6, 6.07) is 10.8. The Balaban J connectivity index is 1.52. The summed E-state index contributed by atoms with van der Waals surface area (Å²) in [5.74, 6) is 0.627. The van der Waals surface area contributed by atoms with Gasteiger partial charge in [-0.25, -0.2) is 9.18 Å². The molecule has 2 aromatic carbocycles. The summed E-state index contributed by atoms with van der Waals surface area (Å²) in [4.78, 5) is 23.9. The normalized spacial score (nSPS) is 14.2. The van der Waals surface area contributed by atoms with Gasteiger partial charge >= 0.3 is 5.97 Å². The average molecular weight is 412 g/mol. The second kappa shape index (κ2) is 8.79. The van der Waals surface area contributed by atoms with Crippen molar-refractivity contribution >= 4 is 52.7 Å². The summed E-state index contributed by atoms with van der Waals surface area (Å²) in [6.07, 6.45) is 0. The van der Waals surface area contributed by atoms with Crippen LogP contribution in [-0.4, -0.2) is 30.0 Å². The highest BCUT2D eigenvalue weighted by Gasteiger charge is 2.19. The van der Waals surface area contributed by atoms with Crippen LogP contribution in [0.5, 0.6) is 0 Å². The average Bonchev–Trinajstić information content (AvgIpc) is 3.17. The van der Waals surface area contributed by atoms with Crippen LogP contribution in [0, 0.1) is 5.82 Å². The molecule has 0 aromatic heterocycles. The van der Waals surface area contributed by atoms with Crippen LogP contribution in [-0.2, 0) is 9.53 Å². The molecule has 1 aliphatic rings. The zero-order valence-corrected chi connectivity index (χ0v) is 15.9. The van der Waals surface area contributed by atoms with Gasteiger partial charge in [0.15, 0.2) is 6.61 Å². The maximum Gasteiger partial charge on any atom is 0.338 e. The van der Waals surface area contributed by atoms with Gasteiger partial charge < -0.3 is 10.1 Å². The lowest BCUT2D eigenvalue weighted by atomic mass is 10.1. The lowest BCUT2D eigenvalue weighted by Crippen LogP contribution is -2.21. The van der Waals surface area contributed by atoms with Gasteiger partial charge in [-0.05, 0) is 35.9 Å². The first-order valence-corrected chi connectivity index (χ1v) is 10.3. The number of hydrogen-bond donors (Lipinski definition) is 1. The topological polar surface area (TPSA) is 55.4 Å². The van der Waals surface area contributed by atoms with Crippen LogP contribution in [0.1, 0.15) is 20.5 Å². The van der Waals surface area contributed by atoms with Gasteiger partial charge in [-0.2, -0.15) is 0 Å². The highest BCUT2D eigenvalue weighted by Crippen LogP contribution is 2.45. The summed E-state index contributed by atoms with van der Waals surface area (Å²) in [6.45, 7) is -0.456. The molecule has 136 valence electrons. The third-order valence-corrected chi connectivity index (χ3v) is 7.00. The molecule has 1 amide bonds. The molecular formula is C18H15ClFNO3S2. The van der Waals surface area contributed by atoms with Gasteiger partial charge in [0.25, 0.3) is 5.91 Å². The second-order valence-corrected chi connectivity index (χ2v) is 8.58. The lowest BCUT2D eigenvalue weighted by molar-refractivity contribution is -0.119. The first-order valence-electron chi connectivity index (χ1n) is 7.78. The first kappa shape index (κ1) is 19.1. The molecule has 0 bridgehead atoms. The Kier molecular flexibility index (Phi) is 6.45. The number of carbonyl (C=O) groups is 2. The Hall–Kier alpha value is -1.70. The molecule has 4 nitrogen and oxygen atoms in total. The fraction of sp³-hybridized carbons (Fsp3) is 0.222. The minimum absolute atomic E-state index is 0.0721. The predicted molar refractivity (Wildman–Crippen MR) is 104 cm³/mol. The van der Waals surface area contributed by atoms with Crippen molar-refractivity contribution < 1.29 is 18.7 Å². The Bertz CT molecular complexity index is 811. The molecule has 0 atom stereocenters. The van der Waals surface area contributed by atoms with E-state index in [2.05, 4.69) is 5.32 Å². The monoisotopic (exact) mass is 411 g/mol. The first-order chi connectivity index (χ1) is 12.5. The van der Waals surface area contributed by atoms with E-state index < -0.39 is 24.3 Å². The van der Waals surface area contributed by atoms with Gasteiger partial charge in [-0.1, -0.05) is 23.7 Å². The van der Waals surface area contributed by atoms with E-state index in [1.807, 2.05) is 35.7 Å². The largest absolute Gasteiger partial charge is 0.452 e. The number of anilines is 1. The van der Waals surface area contributed by atoms with Crippen molar-refractivity contribution in [3.63, 3.8) is 0 Å². The van der Waals surface area contributed by atoms with Crippen molar-refractivity contribution in [3.8, 4) is 0 Å². The summed E-state index contributed by atoms with van der Waals surface area (Å²) >= 11 is 9.61. The molecule has 8 heteroatoms. The molecule has 1 fully saturated rings. The highest BCUT2D eigenvalue weighted by atomic mass is 35.5. The van der Waals surface area contributed by atoms with Crippen molar-refractivity contribution in [2.75, 3.05) is 23.4 Å². The van der Waals surface area contributed by atoms with Crippen LogP contribution in [0.3, 0.4) is 0 Å². The number of benzene rings is 2. The smallest absolute Gasteiger partial charge is 0.338 e. The molecule has 3 rings (SSSR count). The Labute approximate surface area is 163 Å². The lowest BCUT2D eigenvalue weighted by Gasteiger charge is -2.10. The Morgan fingerprint density at radius 1 is 1.15 bits per heavy atom. The fourth-order valence-corrected chi connectivity index (χ4v) is 5.39. The van der Waals surface area contributed by atoms with E-state index >= 15 is 0 Å². The van der Waals surface area contributed by atoms with E-state index in [4.69, 9.17) is 16.3 Å². The number of hydrogen-bond acceptors (Lipinski definition) is 5. The molecule has 0 spiro atoms. The number of ether oxygens (including phenoxy) is 1. The fourth-order valence-electron chi connectivity index (χ4n) is 2.32. The van der Waals surface area contributed by atoms with Crippen LogP contribution < -0.4 is 5.32 Å². The Morgan fingerprint density at radius 2 is 1.85 bits per heavy atom. The third-order valence-electron chi connectivity index (χ3n) is 3.58. The summed E-state index contributed by atoms with van der Waals surface area (Å²) in [5.41, 5.74) is 1.80. The van der Waals surface area contributed by atoms with Gasteiger partial charge in [0.2, 0.25) is 0 Å². The van der Waals surface area contributed by atoms with Gasteiger partial charge in [-0.3, -0.25) is 4.79 Å². The van der Waals surface area contributed by atoms with E-state index in [1.165, 1.54) is 12.1 Å². The van der Waals surface area contributed by atoms with E-state index in [0.717, 1.165) is 23.1 Å². The SMILES string of the molecule is O=C(COC(=O)c1ccc(C2SCCS2)cc1)Nc1ccc(F)cc1Cl. The molecule has 1 heterocycles. The zero-order valence-electron chi connectivity index (χ0n) is 13.5. The maximum atomic E-state index is 13.0. The van der Waals surface area contributed by atoms with Gasteiger partial charge in [0.05, 0.1) is 20.9 Å². The van der Waals surface area contributed by atoms with Crippen LogP contribution in [0.4, 0.5) is 10.1 Å². The number of esters is 1. The van der Waals surface area contributed by atoms with E-state index in [-0.39, 0.29) is 10.7 Å². The number of thioether (sulfide) groups is 2. The van der Waals surface area contributed by atoms with E-state index in [1.54, 1.807) is 12.1 Å². The molecule has 26 heavy (non-hydrogen) atoms. The van der Waals surface area contributed by atoms with Gasteiger partial charge in [-0.15, -0.1) is 23.5 Å². The predicted octanol–water partition coefficient (Wildman–Crippen LogP) is 4.75. The minimum Gasteiger partial charge on any atom is -0.452 e. The third kappa shape index (κ3) is 4.93. The van der Waals surface area contributed by atoms with Crippen molar-refractivity contribution in [1.82, 2.24) is 0 Å². The Morgan fingerprint density at radius 3 is 2.50 bits per heavy atom.